The fourth-order valence-electron chi connectivity index (χ4n) is 3.09. The van der Waals surface area contributed by atoms with Crippen LogP contribution in [0.4, 0.5) is 5.69 Å². The van der Waals surface area contributed by atoms with Crippen molar-refractivity contribution in [2.45, 2.75) is 46.3 Å². The first-order chi connectivity index (χ1) is 13.5. The zero-order valence-electron chi connectivity index (χ0n) is 17.9. The molecule has 1 N–H and O–H groups in total. The van der Waals surface area contributed by atoms with E-state index in [9.17, 15) is 13.2 Å². The molecular weight excluding hydrogens is 388 g/mol. The van der Waals surface area contributed by atoms with Crippen LogP contribution in [0.1, 0.15) is 43.0 Å². The van der Waals surface area contributed by atoms with Crippen LogP contribution >= 0.6 is 0 Å². The molecule has 0 unspecified atom stereocenters. The Morgan fingerprint density at radius 3 is 2.28 bits per heavy atom. The number of rotatable bonds is 8. The van der Waals surface area contributed by atoms with Gasteiger partial charge in [-0.15, -0.1) is 0 Å². The molecule has 2 atom stereocenters. The van der Waals surface area contributed by atoms with Gasteiger partial charge in [-0.2, -0.15) is 0 Å². The van der Waals surface area contributed by atoms with E-state index in [2.05, 4.69) is 17.4 Å². The summed E-state index contributed by atoms with van der Waals surface area (Å²) in [6, 6.07) is 12.7. The molecule has 7 heteroatoms. The van der Waals surface area contributed by atoms with Crippen molar-refractivity contribution in [2.24, 2.45) is 0 Å². The third-order valence-electron chi connectivity index (χ3n) is 4.91. The summed E-state index contributed by atoms with van der Waals surface area (Å²) >= 11 is 0. The molecule has 0 aliphatic heterocycles. The van der Waals surface area contributed by atoms with Crippen LogP contribution in [0.15, 0.2) is 42.5 Å². The second-order valence-electron chi connectivity index (χ2n) is 7.31. The SMILES string of the molecule is CC[C@@H](NC(=O)[C@H](C)Oc1ccc(N(C)S(C)(=O)=O)cc1)c1ccc(C)cc1C. The van der Waals surface area contributed by atoms with Crippen LogP contribution in [0.5, 0.6) is 5.75 Å². The number of benzene rings is 2. The number of carbonyl (C=O) groups is 1. The number of amides is 1. The number of aryl methyl sites for hydroxylation is 2. The van der Waals surface area contributed by atoms with Gasteiger partial charge >= 0.3 is 0 Å². The number of hydrogen-bond acceptors (Lipinski definition) is 4. The topological polar surface area (TPSA) is 75.7 Å². The molecule has 0 fully saturated rings. The quantitative estimate of drug-likeness (QED) is 0.709. The molecule has 2 aromatic rings. The highest BCUT2D eigenvalue weighted by atomic mass is 32.2. The van der Waals surface area contributed by atoms with Gasteiger partial charge in [0.05, 0.1) is 18.0 Å². The van der Waals surface area contributed by atoms with Gasteiger partial charge in [0.2, 0.25) is 10.0 Å². The van der Waals surface area contributed by atoms with Gasteiger partial charge in [0.15, 0.2) is 6.10 Å². The van der Waals surface area contributed by atoms with Crippen LogP contribution in [0.2, 0.25) is 0 Å². The number of carbonyl (C=O) groups excluding carboxylic acids is 1. The Kier molecular flexibility index (Phi) is 7.30. The fourth-order valence-corrected chi connectivity index (χ4v) is 3.59. The molecule has 0 saturated heterocycles. The number of ether oxygens (including phenoxy) is 1. The molecule has 0 radical (unpaired) electrons. The fraction of sp³-hybridized carbons (Fsp3) is 0.409. The summed E-state index contributed by atoms with van der Waals surface area (Å²) in [5, 5.41) is 3.06. The lowest BCUT2D eigenvalue weighted by atomic mass is 9.97. The van der Waals surface area contributed by atoms with Crippen LogP contribution in [0.25, 0.3) is 0 Å². The molecule has 6 nitrogen and oxygen atoms in total. The minimum Gasteiger partial charge on any atom is -0.481 e. The average molecular weight is 419 g/mol. The maximum Gasteiger partial charge on any atom is 0.261 e. The van der Waals surface area contributed by atoms with Crippen LogP contribution in [-0.2, 0) is 14.8 Å². The second kappa shape index (κ2) is 9.31. The number of nitrogens with one attached hydrogen (secondary N) is 1. The summed E-state index contributed by atoms with van der Waals surface area (Å²) in [5.41, 5.74) is 3.97. The van der Waals surface area contributed by atoms with Crippen molar-refractivity contribution in [2.75, 3.05) is 17.6 Å². The van der Waals surface area contributed by atoms with E-state index < -0.39 is 16.1 Å². The molecule has 0 bridgehead atoms. The third kappa shape index (κ3) is 5.97. The van der Waals surface area contributed by atoms with Crippen LogP contribution in [-0.4, -0.2) is 33.7 Å². The summed E-state index contributed by atoms with van der Waals surface area (Å²) in [6.07, 6.45) is 1.23. The highest BCUT2D eigenvalue weighted by Crippen LogP contribution is 2.23. The molecule has 2 aromatic carbocycles. The van der Waals surface area contributed by atoms with E-state index in [0.29, 0.717) is 11.4 Å². The predicted octanol–water partition coefficient (Wildman–Crippen LogP) is 3.73. The van der Waals surface area contributed by atoms with Gasteiger partial charge in [0.1, 0.15) is 5.75 Å². The number of hydrogen-bond donors (Lipinski definition) is 1. The highest BCUT2D eigenvalue weighted by molar-refractivity contribution is 7.92. The Labute approximate surface area is 173 Å². The first-order valence-electron chi connectivity index (χ1n) is 9.61. The molecule has 0 heterocycles. The number of sulfonamides is 1. The molecule has 0 saturated carbocycles. The van der Waals surface area contributed by atoms with E-state index in [1.165, 1.54) is 16.9 Å². The Morgan fingerprint density at radius 1 is 1.14 bits per heavy atom. The van der Waals surface area contributed by atoms with Gasteiger partial charge in [0, 0.05) is 7.05 Å². The standard InChI is InChI=1S/C22H30N2O4S/c1-7-21(20-13-8-15(2)14-16(20)3)23-22(25)17(4)28-19-11-9-18(10-12-19)24(5)29(6,26)27/h8-14,17,21H,7H2,1-6H3,(H,23,25)/t17-,21+/m0/s1. The third-order valence-corrected chi connectivity index (χ3v) is 6.11. The Hall–Kier alpha value is -2.54. The molecule has 0 aromatic heterocycles. The van der Waals surface area contributed by atoms with Crippen molar-refractivity contribution in [1.29, 1.82) is 0 Å². The highest BCUT2D eigenvalue weighted by Gasteiger charge is 2.20. The Balaban J connectivity index is 2.04. The van der Waals surface area contributed by atoms with Gasteiger partial charge in [-0.25, -0.2) is 8.42 Å². The van der Waals surface area contributed by atoms with Gasteiger partial charge in [-0.05, 0) is 62.6 Å². The van der Waals surface area contributed by atoms with Gasteiger partial charge < -0.3 is 10.1 Å². The average Bonchev–Trinajstić information content (AvgIpc) is 2.65. The molecule has 0 aliphatic carbocycles. The Bertz CT molecular complexity index is 955. The number of anilines is 1. The molecule has 0 aliphatic rings. The van der Waals surface area contributed by atoms with E-state index in [1.807, 2.05) is 26.8 Å². The normalized spacial score (nSPS) is 13.4. The molecule has 0 spiro atoms. The molecular formula is C22H30N2O4S. The van der Waals surface area contributed by atoms with E-state index in [-0.39, 0.29) is 11.9 Å². The lowest BCUT2D eigenvalue weighted by molar-refractivity contribution is -0.128. The van der Waals surface area contributed by atoms with Crippen LogP contribution in [0.3, 0.4) is 0 Å². The van der Waals surface area contributed by atoms with E-state index in [1.54, 1.807) is 31.2 Å². The summed E-state index contributed by atoms with van der Waals surface area (Å²) < 4.78 is 30.2. The van der Waals surface area contributed by atoms with E-state index in [4.69, 9.17) is 4.74 Å². The molecule has 1 amide bonds. The maximum absolute atomic E-state index is 12.7. The van der Waals surface area contributed by atoms with Crippen molar-refractivity contribution in [1.82, 2.24) is 5.32 Å². The predicted molar refractivity (Wildman–Crippen MR) is 117 cm³/mol. The minimum absolute atomic E-state index is 0.0834. The minimum atomic E-state index is -3.33. The van der Waals surface area contributed by atoms with E-state index >= 15 is 0 Å². The van der Waals surface area contributed by atoms with Gasteiger partial charge in [-0.3, -0.25) is 9.10 Å². The van der Waals surface area contributed by atoms with Crippen molar-refractivity contribution >= 4 is 21.6 Å². The monoisotopic (exact) mass is 418 g/mol. The van der Waals surface area contributed by atoms with Crippen molar-refractivity contribution in [3.05, 3.63) is 59.2 Å². The smallest absolute Gasteiger partial charge is 0.261 e. The van der Waals surface area contributed by atoms with Gasteiger partial charge in [0.25, 0.3) is 5.91 Å². The summed E-state index contributed by atoms with van der Waals surface area (Å²) in [5.74, 6) is 0.298. The Morgan fingerprint density at radius 2 is 1.76 bits per heavy atom. The van der Waals surface area contributed by atoms with E-state index in [0.717, 1.165) is 23.8 Å². The molecule has 158 valence electrons. The van der Waals surface area contributed by atoms with Crippen LogP contribution < -0.4 is 14.4 Å². The first kappa shape index (κ1) is 22.7. The largest absolute Gasteiger partial charge is 0.481 e. The van der Waals surface area contributed by atoms with Crippen molar-refractivity contribution in [3.8, 4) is 5.75 Å². The summed E-state index contributed by atoms with van der Waals surface area (Å²) in [7, 11) is -1.84. The number of nitrogens with zero attached hydrogens (tertiary/aromatic N) is 1. The lowest BCUT2D eigenvalue weighted by Crippen LogP contribution is -2.38. The van der Waals surface area contributed by atoms with Crippen LogP contribution in [0, 0.1) is 13.8 Å². The first-order valence-corrected chi connectivity index (χ1v) is 11.5. The zero-order chi connectivity index (χ0) is 21.8. The molecule has 2 rings (SSSR count). The molecule has 29 heavy (non-hydrogen) atoms. The second-order valence-corrected chi connectivity index (χ2v) is 9.33. The van der Waals surface area contributed by atoms with Crippen molar-refractivity contribution < 1.29 is 17.9 Å². The van der Waals surface area contributed by atoms with Gasteiger partial charge in [-0.1, -0.05) is 30.7 Å². The summed E-state index contributed by atoms with van der Waals surface area (Å²) in [6.45, 7) is 7.82. The summed E-state index contributed by atoms with van der Waals surface area (Å²) in [4.78, 5) is 12.7. The zero-order valence-corrected chi connectivity index (χ0v) is 18.7. The van der Waals surface area contributed by atoms with Crippen molar-refractivity contribution in [3.63, 3.8) is 0 Å². The maximum atomic E-state index is 12.7. The lowest BCUT2D eigenvalue weighted by Gasteiger charge is -2.23.